The standard InChI is InChI=1S/C16H28N2O2S/c1-5-14(6-2)12-18-21(19,20)16-9-7-8-15(10-16)11-17-13(3)4/h7-10,13-14,17-18H,5-6,11-12H2,1-4H3. The first-order valence-electron chi connectivity index (χ1n) is 7.71. The molecule has 0 fully saturated rings. The molecule has 0 unspecified atom stereocenters. The van der Waals surface area contributed by atoms with Crippen LogP contribution in [-0.4, -0.2) is 21.0 Å². The van der Waals surface area contributed by atoms with Crippen LogP contribution in [-0.2, 0) is 16.6 Å². The maximum Gasteiger partial charge on any atom is 0.240 e. The summed E-state index contributed by atoms with van der Waals surface area (Å²) in [6.07, 6.45) is 1.97. The molecule has 0 saturated carbocycles. The second-order valence-electron chi connectivity index (χ2n) is 5.72. The van der Waals surface area contributed by atoms with Crippen molar-refractivity contribution in [2.75, 3.05) is 6.54 Å². The number of nitrogens with one attached hydrogen (secondary N) is 2. The lowest BCUT2D eigenvalue weighted by Crippen LogP contribution is -2.29. The lowest BCUT2D eigenvalue weighted by Gasteiger charge is -2.14. The zero-order chi connectivity index (χ0) is 15.9. The van der Waals surface area contributed by atoms with Crippen molar-refractivity contribution in [2.24, 2.45) is 5.92 Å². The molecule has 0 aliphatic heterocycles. The Kier molecular flexibility index (Phi) is 7.35. The normalized spacial score (nSPS) is 12.3. The van der Waals surface area contributed by atoms with Crippen molar-refractivity contribution >= 4 is 10.0 Å². The minimum absolute atomic E-state index is 0.344. The fourth-order valence-corrected chi connectivity index (χ4v) is 3.22. The molecule has 1 rings (SSSR count). The Morgan fingerprint density at radius 3 is 2.38 bits per heavy atom. The third kappa shape index (κ3) is 6.16. The van der Waals surface area contributed by atoms with Gasteiger partial charge in [0.15, 0.2) is 0 Å². The van der Waals surface area contributed by atoms with Crippen LogP contribution in [0.2, 0.25) is 0 Å². The SMILES string of the molecule is CCC(CC)CNS(=O)(=O)c1cccc(CNC(C)C)c1. The van der Waals surface area contributed by atoms with Gasteiger partial charge >= 0.3 is 0 Å². The largest absolute Gasteiger partial charge is 0.310 e. The predicted molar refractivity (Wildman–Crippen MR) is 87.7 cm³/mol. The van der Waals surface area contributed by atoms with Crippen molar-refractivity contribution in [3.05, 3.63) is 29.8 Å². The van der Waals surface area contributed by atoms with Gasteiger partial charge in [0, 0.05) is 19.1 Å². The number of sulfonamides is 1. The van der Waals surface area contributed by atoms with Crippen molar-refractivity contribution in [1.82, 2.24) is 10.0 Å². The smallest absolute Gasteiger partial charge is 0.240 e. The average Bonchev–Trinajstić information content (AvgIpc) is 2.46. The van der Waals surface area contributed by atoms with Gasteiger partial charge in [0.25, 0.3) is 0 Å². The summed E-state index contributed by atoms with van der Waals surface area (Å²) >= 11 is 0. The Balaban J connectivity index is 2.76. The molecule has 0 saturated heterocycles. The molecule has 0 atom stereocenters. The first-order valence-corrected chi connectivity index (χ1v) is 9.19. The van der Waals surface area contributed by atoms with Crippen LogP contribution in [0, 0.1) is 5.92 Å². The van der Waals surface area contributed by atoms with Gasteiger partial charge in [-0.15, -0.1) is 0 Å². The maximum atomic E-state index is 12.3. The lowest BCUT2D eigenvalue weighted by molar-refractivity contribution is 0.479. The highest BCUT2D eigenvalue weighted by Gasteiger charge is 2.16. The van der Waals surface area contributed by atoms with Crippen molar-refractivity contribution in [1.29, 1.82) is 0 Å². The van der Waals surface area contributed by atoms with Crippen LogP contribution in [0.4, 0.5) is 0 Å². The molecule has 0 bridgehead atoms. The van der Waals surface area contributed by atoms with E-state index in [9.17, 15) is 8.42 Å². The van der Waals surface area contributed by atoms with Gasteiger partial charge < -0.3 is 5.32 Å². The molecular formula is C16H28N2O2S. The summed E-state index contributed by atoms with van der Waals surface area (Å²) in [6.45, 7) is 9.48. The molecule has 1 aromatic carbocycles. The summed E-state index contributed by atoms with van der Waals surface area (Å²) in [5.74, 6) is 0.394. The molecule has 4 nitrogen and oxygen atoms in total. The molecule has 0 amide bonds. The van der Waals surface area contributed by atoms with E-state index in [4.69, 9.17) is 0 Å². The summed E-state index contributed by atoms with van der Waals surface area (Å²) in [7, 11) is -3.41. The van der Waals surface area contributed by atoms with Crippen LogP contribution in [0.25, 0.3) is 0 Å². The van der Waals surface area contributed by atoms with Gasteiger partial charge in [-0.1, -0.05) is 52.7 Å². The Hall–Kier alpha value is -0.910. The zero-order valence-corrected chi connectivity index (χ0v) is 14.3. The van der Waals surface area contributed by atoms with Crippen LogP contribution < -0.4 is 10.0 Å². The highest BCUT2D eigenvalue weighted by Crippen LogP contribution is 2.13. The highest BCUT2D eigenvalue weighted by molar-refractivity contribution is 7.89. The van der Waals surface area contributed by atoms with E-state index in [1.54, 1.807) is 18.2 Å². The molecular weight excluding hydrogens is 284 g/mol. The van der Waals surface area contributed by atoms with Crippen LogP contribution in [0.5, 0.6) is 0 Å². The van der Waals surface area contributed by atoms with Crippen molar-refractivity contribution < 1.29 is 8.42 Å². The van der Waals surface area contributed by atoms with Crippen LogP contribution >= 0.6 is 0 Å². The van der Waals surface area contributed by atoms with Crippen molar-refractivity contribution in [2.45, 2.75) is 58.0 Å². The van der Waals surface area contributed by atoms with Gasteiger partial charge in [0.1, 0.15) is 0 Å². The van der Waals surface area contributed by atoms with Crippen LogP contribution in [0.1, 0.15) is 46.1 Å². The monoisotopic (exact) mass is 312 g/mol. The van der Waals surface area contributed by atoms with Gasteiger partial charge in [0.2, 0.25) is 10.0 Å². The first-order chi connectivity index (χ1) is 9.89. The molecule has 0 aliphatic carbocycles. The van der Waals surface area contributed by atoms with E-state index in [1.807, 2.05) is 6.07 Å². The molecule has 120 valence electrons. The fourth-order valence-electron chi connectivity index (χ4n) is 2.03. The summed E-state index contributed by atoms with van der Waals surface area (Å²) in [6, 6.07) is 7.50. The van der Waals surface area contributed by atoms with E-state index in [1.165, 1.54) is 0 Å². The summed E-state index contributed by atoms with van der Waals surface area (Å²) in [5, 5.41) is 3.29. The Morgan fingerprint density at radius 1 is 1.14 bits per heavy atom. The van der Waals surface area contributed by atoms with E-state index in [0.29, 0.717) is 29.9 Å². The topological polar surface area (TPSA) is 58.2 Å². The average molecular weight is 312 g/mol. The van der Waals surface area contributed by atoms with Gasteiger partial charge in [-0.3, -0.25) is 0 Å². The molecule has 0 radical (unpaired) electrons. The van der Waals surface area contributed by atoms with Crippen molar-refractivity contribution in [3.63, 3.8) is 0 Å². The summed E-state index contributed by atoms with van der Waals surface area (Å²) in [4.78, 5) is 0.344. The van der Waals surface area contributed by atoms with E-state index < -0.39 is 10.0 Å². The first kappa shape index (κ1) is 18.1. The second-order valence-corrected chi connectivity index (χ2v) is 7.48. The zero-order valence-electron chi connectivity index (χ0n) is 13.5. The molecule has 0 aromatic heterocycles. The summed E-state index contributed by atoms with van der Waals surface area (Å²) in [5.41, 5.74) is 0.981. The van der Waals surface area contributed by atoms with Gasteiger partial charge in [-0.25, -0.2) is 13.1 Å². The molecule has 5 heteroatoms. The number of benzene rings is 1. The van der Waals surface area contributed by atoms with Gasteiger partial charge in [-0.2, -0.15) is 0 Å². The van der Waals surface area contributed by atoms with Crippen LogP contribution in [0.3, 0.4) is 0 Å². The molecule has 1 aromatic rings. The Bertz CT molecular complexity index is 523. The third-order valence-electron chi connectivity index (χ3n) is 3.64. The van der Waals surface area contributed by atoms with Gasteiger partial charge in [0.05, 0.1) is 4.90 Å². The molecule has 0 spiro atoms. The minimum atomic E-state index is -3.41. The number of hydrogen-bond acceptors (Lipinski definition) is 3. The number of rotatable bonds is 9. The number of hydrogen-bond donors (Lipinski definition) is 2. The molecule has 0 aliphatic rings. The maximum absolute atomic E-state index is 12.3. The lowest BCUT2D eigenvalue weighted by atomic mass is 10.0. The summed E-state index contributed by atoms with van der Waals surface area (Å²) < 4.78 is 27.4. The molecule has 0 heterocycles. The van der Waals surface area contributed by atoms with Crippen LogP contribution in [0.15, 0.2) is 29.2 Å². The minimum Gasteiger partial charge on any atom is -0.310 e. The molecule has 21 heavy (non-hydrogen) atoms. The van der Waals surface area contributed by atoms with E-state index in [2.05, 4.69) is 37.7 Å². The van der Waals surface area contributed by atoms with Gasteiger partial charge in [-0.05, 0) is 23.6 Å². The predicted octanol–water partition coefficient (Wildman–Crippen LogP) is 2.90. The quantitative estimate of drug-likeness (QED) is 0.737. The second kappa shape index (κ2) is 8.51. The van der Waals surface area contributed by atoms with Crippen molar-refractivity contribution in [3.8, 4) is 0 Å². The van der Waals surface area contributed by atoms with E-state index in [-0.39, 0.29) is 0 Å². The molecule has 2 N–H and O–H groups in total. The fraction of sp³-hybridized carbons (Fsp3) is 0.625. The Morgan fingerprint density at radius 2 is 1.81 bits per heavy atom. The van der Waals surface area contributed by atoms with E-state index in [0.717, 1.165) is 18.4 Å². The van der Waals surface area contributed by atoms with E-state index >= 15 is 0 Å². The highest BCUT2D eigenvalue weighted by atomic mass is 32.2. The third-order valence-corrected chi connectivity index (χ3v) is 5.06. The Labute approximate surface area is 129 Å².